The van der Waals surface area contributed by atoms with Crippen LogP contribution in [0, 0.1) is 11.2 Å². The predicted octanol–water partition coefficient (Wildman–Crippen LogP) is 3.13. The molecule has 1 aromatic carbocycles. The van der Waals surface area contributed by atoms with E-state index in [0.29, 0.717) is 17.0 Å². The highest BCUT2D eigenvalue weighted by atomic mass is 19.4. The van der Waals surface area contributed by atoms with Gasteiger partial charge in [0, 0.05) is 6.42 Å². The average Bonchev–Trinajstić information content (AvgIpc) is 2.48. The van der Waals surface area contributed by atoms with Crippen molar-refractivity contribution in [2.24, 2.45) is 5.41 Å². The summed E-state index contributed by atoms with van der Waals surface area (Å²) in [4.78, 5) is 24.5. The monoisotopic (exact) mass is 289 g/mol. The van der Waals surface area contributed by atoms with Gasteiger partial charge >= 0.3 is 6.18 Å². The minimum absolute atomic E-state index is 0.0927. The lowest BCUT2D eigenvalue weighted by Crippen LogP contribution is -2.33. The molecule has 3 nitrogen and oxygen atoms in total. The Morgan fingerprint density at radius 2 is 1.80 bits per heavy atom. The number of hydrogen-bond donors (Lipinski definition) is 0. The minimum Gasteiger partial charge on any atom is -0.274 e. The number of alkyl halides is 3. The van der Waals surface area contributed by atoms with Crippen LogP contribution >= 0.6 is 0 Å². The quantitative estimate of drug-likeness (QED) is 0.588. The predicted molar refractivity (Wildman–Crippen MR) is 62.3 cm³/mol. The first-order valence-electron chi connectivity index (χ1n) is 5.78. The fourth-order valence-electron chi connectivity index (χ4n) is 2.08. The van der Waals surface area contributed by atoms with Gasteiger partial charge in [0.2, 0.25) is 11.8 Å². The molecule has 1 aliphatic heterocycles. The molecule has 2 amide bonds. The summed E-state index contributed by atoms with van der Waals surface area (Å²) in [6.45, 7) is 3.06. The highest BCUT2D eigenvalue weighted by molar-refractivity contribution is 6.22. The van der Waals surface area contributed by atoms with Gasteiger partial charge in [-0.05, 0) is 18.2 Å². The van der Waals surface area contributed by atoms with Gasteiger partial charge in [-0.2, -0.15) is 13.2 Å². The summed E-state index contributed by atoms with van der Waals surface area (Å²) in [5.74, 6) is -2.64. The first-order valence-corrected chi connectivity index (χ1v) is 5.78. The molecular weight excluding hydrogens is 278 g/mol. The van der Waals surface area contributed by atoms with Crippen LogP contribution in [0.5, 0.6) is 0 Å². The zero-order chi connectivity index (χ0) is 15.3. The lowest BCUT2D eigenvalue weighted by molar-refractivity contribution is -0.140. The number of nitrogens with zero attached hydrogens (tertiary/aromatic N) is 1. The van der Waals surface area contributed by atoms with Gasteiger partial charge in [-0.1, -0.05) is 13.8 Å². The number of carbonyl (C=O) groups is 2. The van der Waals surface area contributed by atoms with Crippen LogP contribution in [0.3, 0.4) is 0 Å². The first-order chi connectivity index (χ1) is 9.04. The summed E-state index contributed by atoms with van der Waals surface area (Å²) in [5, 5.41) is 0. The van der Waals surface area contributed by atoms with Gasteiger partial charge in [0.15, 0.2) is 0 Å². The second-order valence-electron chi connectivity index (χ2n) is 5.26. The molecule has 0 aromatic heterocycles. The van der Waals surface area contributed by atoms with Crippen LogP contribution in [0.4, 0.5) is 23.2 Å². The van der Waals surface area contributed by atoms with E-state index < -0.39 is 34.8 Å². The highest BCUT2D eigenvalue weighted by Gasteiger charge is 2.46. The molecule has 7 heteroatoms. The standard InChI is InChI=1S/C13H11F4NO2/c1-12(2)6-10(19)18(11(12)20)7-3-4-9(14)8(5-7)13(15,16)17/h3-5H,6H2,1-2H3. The molecule has 0 unspecified atom stereocenters. The van der Waals surface area contributed by atoms with Gasteiger partial charge in [-0.25, -0.2) is 4.39 Å². The topological polar surface area (TPSA) is 37.4 Å². The fraction of sp³-hybridized carbons (Fsp3) is 0.385. The molecule has 1 fully saturated rings. The van der Waals surface area contributed by atoms with Gasteiger partial charge in [-0.3, -0.25) is 14.5 Å². The maximum atomic E-state index is 13.2. The molecule has 108 valence electrons. The largest absolute Gasteiger partial charge is 0.419 e. The van der Waals surface area contributed by atoms with Crippen LogP contribution in [0.1, 0.15) is 25.8 Å². The lowest BCUT2D eigenvalue weighted by Gasteiger charge is -2.19. The molecule has 0 aliphatic carbocycles. The third-order valence-electron chi connectivity index (χ3n) is 3.14. The number of carbonyl (C=O) groups excluding carboxylic acids is 2. The molecule has 1 saturated heterocycles. The number of amides is 2. The van der Waals surface area contributed by atoms with Gasteiger partial charge in [0.05, 0.1) is 16.7 Å². The Morgan fingerprint density at radius 1 is 1.20 bits per heavy atom. The molecule has 0 bridgehead atoms. The van der Waals surface area contributed by atoms with E-state index in [2.05, 4.69) is 0 Å². The third-order valence-corrected chi connectivity index (χ3v) is 3.14. The van der Waals surface area contributed by atoms with E-state index in [1.807, 2.05) is 0 Å². The van der Waals surface area contributed by atoms with Crippen molar-refractivity contribution in [3.63, 3.8) is 0 Å². The zero-order valence-corrected chi connectivity index (χ0v) is 10.7. The van der Waals surface area contributed by atoms with Gasteiger partial charge in [0.1, 0.15) is 5.82 Å². The van der Waals surface area contributed by atoms with Crippen molar-refractivity contribution in [3.05, 3.63) is 29.6 Å². The van der Waals surface area contributed by atoms with Crippen molar-refractivity contribution in [2.75, 3.05) is 4.90 Å². The van der Waals surface area contributed by atoms with Crippen LogP contribution < -0.4 is 4.90 Å². The van der Waals surface area contributed by atoms with E-state index in [-0.39, 0.29) is 12.1 Å². The molecule has 20 heavy (non-hydrogen) atoms. The summed E-state index contributed by atoms with van der Waals surface area (Å²) in [7, 11) is 0. The highest BCUT2D eigenvalue weighted by Crippen LogP contribution is 2.38. The minimum atomic E-state index is -4.89. The second kappa shape index (κ2) is 4.29. The van der Waals surface area contributed by atoms with Crippen molar-refractivity contribution in [3.8, 4) is 0 Å². The number of hydrogen-bond acceptors (Lipinski definition) is 2. The van der Waals surface area contributed by atoms with E-state index >= 15 is 0 Å². The van der Waals surface area contributed by atoms with Gasteiger partial charge in [0.25, 0.3) is 0 Å². The lowest BCUT2D eigenvalue weighted by atomic mass is 9.92. The first kappa shape index (κ1) is 14.5. The van der Waals surface area contributed by atoms with E-state index in [1.54, 1.807) is 0 Å². The Bertz CT molecular complexity index is 593. The Hall–Kier alpha value is -1.92. The normalized spacial score (nSPS) is 18.8. The third kappa shape index (κ3) is 2.28. The number of rotatable bonds is 1. The Kier molecular flexibility index (Phi) is 3.11. The summed E-state index contributed by atoms with van der Waals surface area (Å²) in [6, 6.07) is 2.07. The van der Waals surface area contributed by atoms with Crippen LogP contribution in [0.25, 0.3) is 0 Å². The van der Waals surface area contributed by atoms with Crippen molar-refractivity contribution < 1.29 is 27.2 Å². The molecule has 0 atom stereocenters. The Morgan fingerprint density at radius 3 is 2.25 bits per heavy atom. The smallest absolute Gasteiger partial charge is 0.274 e. The Balaban J connectivity index is 2.50. The summed E-state index contributed by atoms with van der Waals surface area (Å²) in [5.41, 5.74) is -2.73. The van der Waals surface area contributed by atoms with E-state index in [4.69, 9.17) is 0 Å². The van der Waals surface area contributed by atoms with Crippen molar-refractivity contribution in [2.45, 2.75) is 26.4 Å². The van der Waals surface area contributed by atoms with E-state index in [9.17, 15) is 27.2 Å². The number of benzene rings is 1. The van der Waals surface area contributed by atoms with E-state index in [1.165, 1.54) is 13.8 Å². The van der Waals surface area contributed by atoms with E-state index in [0.717, 1.165) is 6.07 Å². The van der Waals surface area contributed by atoms with Crippen LogP contribution in [0.2, 0.25) is 0 Å². The van der Waals surface area contributed by atoms with Crippen LogP contribution in [-0.2, 0) is 15.8 Å². The van der Waals surface area contributed by atoms with Gasteiger partial charge < -0.3 is 0 Å². The van der Waals surface area contributed by atoms with Crippen molar-refractivity contribution >= 4 is 17.5 Å². The summed E-state index contributed by atoms with van der Waals surface area (Å²) >= 11 is 0. The average molecular weight is 289 g/mol. The maximum Gasteiger partial charge on any atom is 0.419 e. The summed E-state index contributed by atoms with van der Waals surface area (Å²) < 4.78 is 51.1. The van der Waals surface area contributed by atoms with Crippen LogP contribution in [0.15, 0.2) is 18.2 Å². The number of halogens is 4. The summed E-state index contributed by atoms with van der Waals surface area (Å²) in [6.07, 6.45) is -4.98. The fourth-order valence-corrected chi connectivity index (χ4v) is 2.08. The molecule has 0 spiro atoms. The van der Waals surface area contributed by atoms with Crippen molar-refractivity contribution in [1.29, 1.82) is 0 Å². The van der Waals surface area contributed by atoms with Gasteiger partial charge in [-0.15, -0.1) is 0 Å². The zero-order valence-electron chi connectivity index (χ0n) is 10.7. The Labute approximate surface area is 112 Å². The molecule has 0 radical (unpaired) electrons. The molecule has 1 heterocycles. The number of imide groups is 1. The maximum absolute atomic E-state index is 13.2. The number of anilines is 1. The molecule has 1 aromatic rings. The molecule has 2 rings (SSSR count). The van der Waals surface area contributed by atoms with Crippen molar-refractivity contribution in [1.82, 2.24) is 0 Å². The molecule has 0 N–H and O–H groups in total. The molecule has 0 saturated carbocycles. The second-order valence-corrected chi connectivity index (χ2v) is 5.26. The molecular formula is C13H11F4NO2. The van der Waals surface area contributed by atoms with Crippen LogP contribution in [-0.4, -0.2) is 11.8 Å². The molecule has 1 aliphatic rings. The SMILES string of the molecule is CC1(C)CC(=O)N(c2ccc(F)c(C(F)(F)F)c2)C1=O.